The van der Waals surface area contributed by atoms with Crippen molar-refractivity contribution < 1.29 is 9.53 Å². The largest absolute Gasteiger partial charge is 0.444 e. The van der Waals surface area contributed by atoms with E-state index in [0.29, 0.717) is 18.0 Å². The second-order valence-corrected chi connectivity index (χ2v) is 8.50. The summed E-state index contributed by atoms with van der Waals surface area (Å²) in [6.45, 7) is 16.1. The third kappa shape index (κ3) is 6.53. The molecule has 0 saturated carbocycles. The molecule has 1 rings (SSSR count). The van der Waals surface area contributed by atoms with Crippen LogP contribution in [0.25, 0.3) is 0 Å². The summed E-state index contributed by atoms with van der Waals surface area (Å²) >= 11 is 0. The molecule has 5 nitrogen and oxygen atoms in total. The Labute approximate surface area is 136 Å². The number of rotatable bonds is 4. The van der Waals surface area contributed by atoms with Crippen molar-refractivity contribution in [2.45, 2.75) is 78.1 Å². The van der Waals surface area contributed by atoms with E-state index in [1.807, 2.05) is 34.6 Å². The van der Waals surface area contributed by atoms with Gasteiger partial charge in [0.15, 0.2) is 0 Å². The van der Waals surface area contributed by atoms with Gasteiger partial charge < -0.3 is 20.3 Å². The predicted octanol–water partition coefficient (Wildman–Crippen LogP) is 2.61. The molecule has 1 aliphatic heterocycles. The van der Waals surface area contributed by atoms with Gasteiger partial charge in [0.25, 0.3) is 0 Å². The van der Waals surface area contributed by atoms with Crippen molar-refractivity contribution in [3.05, 3.63) is 0 Å². The molecule has 1 fully saturated rings. The molecule has 1 amide bonds. The summed E-state index contributed by atoms with van der Waals surface area (Å²) in [4.78, 5) is 14.3. The first kappa shape index (κ1) is 19.2. The maximum atomic E-state index is 11.9. The van der Waals surface area contributed by atoms with E-state index >= 15 is 0 Å². The fourth-order valence-electron chi connectivity index (χ4n) is 2.84. The van der Waals surface area contributed by atoms with E-state index in [1.54, 1.807) is 0 Å². The zero-order valence-electron chi connectivity index (χ0n) is 15.6. The first-order valence-corrected chi connectivity index (χ1v) is 8.34. The van der Waals surface area contributed by atoms with Gasteiger partial charge in [-0.1, -0.05) is 6.92 Å². The highest BCUT2D eigenvalue weighted by atomic mass is 16.6. The Hall–Kier alpha value is -0.810. The van der Waals surface area contributed by atoms with E-state index in [2.05, 4.69) is 36.4 Å². The van der Waals surface area contributed by atoms with Crippen molar-refractivity contribution in [2.75, 3.05) is 20.1 Å². The van der Waals surface area contributed by atoms with E-state index in [0.717, 1.165) is 19.5 Å². The maximum absolute atomic E-state index is 11.9. The van der Waals surface area contributed by atoms with E-state index in [4.69, 9.17) is 4.74 Å². The van der Waals surface area contributed by atoms with Crippen molar-refractivity contribution in [3.63, 3.8) is 0 Å². The highest BCUT2D eigenvalue weighted by Crippen LogP contribution is 2.21. The predicted molar refractivity (Wildman–Crippen MR) is 91.1 cm³/mol. The number of likely N-dealkylation sites (tertiary alicyclic amines) is 1. The van der Waals surface area contributed by atoms with Crippen molar-refractivity contribution in [1.82, 2.24) is 15.5 Å². The molecule has 0 aromatic heterocycles. The molecule has 1 saturated heterocycles. The fraction of sp³-hybridized carbons (Fsp3) is 0.941. The third-order valence-corrected chi connectivity index (χ3v) is 4.26. The van der Waals surface area contributed by atoms with Crippen LogP contribution in [0.4, 0.5) is 4.79 Å². The van der Waals surface area contributed by atoms with E-state index in [-0.39, 0.29) is 11.6 Å². The molecule has 0 bridgehead atoms. The lowest BCUT2D eigenvalue weighted by Crippen LogP contribution is -2.57. The molecule has 0 aromatic carbocycles. The molecule has 1 aliphatic rings. The molecule has 5 heteroatoms. The molecule has 0 radical (unpaired) electrons. The monoisotopic (exact) mass is 313 g/mol. The van der Waals surface area contributed by atoms with Crippen molar-refractivity contribution in [3.8, 4) is 0 Å². The Morgan fingerprint density at radius 2 is 1.82 bits per heavy atom. The fourth-order valence-corrected chi connectivity index (χ4v) is 2.84. The molecule has 3 atom stereocenters. The number of carbonyl (C=O) groups is 1. The molecule has 130 valence electrons. The van der Waals surface area contributed by atoms with E-state index < -0.39 is 5.60 Å². The lowest BCUT2D eigenvalue weighted by Gasteiger charge is -2.41. The number of hydrogen-bond donors (Lipinski definition) is 2. The van der Waals surface area contributed by atoms with Crippen LogP contribution in [0.3, 0.4) is 0 Å². The zero-order valence-corrected chi connectivity index (χ0v) is 15.6. The molecule has 0 spiro atoms. The van der Waals surface area contributed by atoms with Gasteiger partial charge in [-0.25, -0.2) is 4.79 Å². The minimum atomic E-state index is -0.467. The SMILES string of the molecule is CC1CN(C)C(C)CC1NCC(C)(C)NC(=O)OC(C)(C)C. The van der Waals surface area contributed by atoms with Crippen LogP contribution in [0, 0.1) is 5.92 Å². The van der Waals surface area contributed by atoms with Gasteiger partial charge in [-0.05, 0) is 60.9 Å². The van der Waals surface area contributed by atoms with Crippen LogP contribution < -0.4 is 10.6 Å². The third-order valence-electron chi connectivity index (χ3n) is 4.26. The van der Waals surface area contributed by atoms with E-state index in [9.17, 15) is 4.79 Å². The van der Waals surface area contributed by atoms with Gasteiger partial charge in [-0.2, -0.15) is 0 Å². The average molecular weight is 313 g/mol. The molecule has 0 aromatic rings. The van der Waals surface area contributed by atoms with Crippen LogP contribution in [0.2, 0.25) is 0 Å². The molecule has 0 aliphatic carbocycles. The average Bonchev–Trinajstić information content (AvgIpc) is 2.28. The summed E-state index contributed by atoms with van der Waals surface area (Å²) in [5.74, 6) is 0.610. The van der Waals surface area contributed by atoms with Crippen LogP contribution in [0.15, 0.2) is 0 Å². The van der Waals surface area contributed by atoms with Crippen LogP contribution >= 0.6 is 0 Å². The Morgan fingerprint density at radius 1 is 1.23 bits per heavy atom. The van der Waals surface area contributed by atoms with Crippen molar-refractivity contribution in [2.24, 2.45) is 5.92 Å². The van der Waals surface area contributed by atoms with Gasteiger partial charge in [0.05, 0.1) is 5.54 Å². The lowest BCUT2D eigenvalue weighted by molar-refractivity contribution is 0.0464. The number of alkyl carbamates (subject to hydrolysis) is 1. The maximum Gasteiger partial charge on any atom is 0.408 e. The topological polar surface area (TPSA) is 53.6 Å². The summed E-state index contributed by atoms with van der Waals surface area (Å²) in [6.07, 6.45) is 0.782. The first-order chi connectivity index (χ1) is 9.89. The summed E-state index contributed by atoms with van der Waals surface area (Å²) in [5.41, 5.74) is -0.805. The Balaban J connectivity index is 2.46. The first-order valence-electron chi connectivity index (χ1n) is 8.34. The minimum Gasteiger partial charge on any atom is -0.444 e. The number of nitrogens with zero attached hydrogens (tertiary/aromatic N) is 1. The Kier molecular flexibility index (Phi) is 6.27. The van der Waals surface area contributed by atoms with Crippen molar-refractivity contribution >= 4 is 6.09 Å². The smallest absolute Gasteiger partial charge is 0.408 e. The molecule has 22 heavy (non-hydrogen) atoms. The van der Waals surface area contributed by atoms with Gasteiger partial charge in [0.1, 0.15) is 5.60 Å². The summed E-state index contributed by atoms with van der Waals surface area (Å²) in [6, 6.07) is 1.08. The number of carbonyl (C=O) groups excluding carboxylic acids is 1. The van der Waals surface area contributed by atoms with Gasteiger partial charge >= 0.3 is 6.09 Å². The second kappa shape index (κ2) is 7.18. The number of piperidine rings is 1. The van der Waals surface area contributed by atoms with Crippen LogP contribution in [-0.4, -0.2) is 54.4 Å². The highest BCUT2D eigenvalue weighted by molar-refractivity contribution is 5.68. The summed E-state index contributed by atoms with van der Waals surface area (Å²) < 4.78 is 5.33. The molecular formula is C17H35N3O2. The molecular weight excluding hydrogens is 278 g/mol. The van der Waals surface area contributed by atoms with Gasteiger partial charge in [0.2, 0.25) is 0 Å². The zero-order chi connectivity index (χ0) is 17.1. The number of amides is 1. The van der Waals surface area contributed by atoms with Crippen LogP contribution in [0.5, 0.6) is 0 Å². The van der Waals surface area contributed by atoms with Gasteiger partial charge in [0, 0.05) is 25.2 Å². The highest BCUT2D eigenvalue weighted by Gasteiger charge is 2.31. The number of nitrogens with one attached hydrogen (secondary N) is 2. The van der Waals surface area contributed by atoms with Gasteiger partial charge in [-0.15, -0.1) is 0 Å². The molecule has 1 heterocycles. The van der Waals surface area contributed by atoms with Crippen LogP contribution in [0.1, 0.15) is 54.9 Å². The minimum absolute atomic E-state index is 0.339. The quantitative estimate of drug-likeness (QED) is 0.838. The Bertz CT molecular complexity index is 377. The molecule has 2 N–H and O–H groups in total. The van der Waals surface area contributed by atoms with Crippen LogP contribution in [-0.2, 0) is 4.74 Å². The van der Waals surface area contributed by atoms with Crippen molar-refractivity contribution in [1.29, 1.82) is 0 Å². The normalized spacial score (nSPS) is 27.5. The Morgan fingerprint density at radius 3 is 2.36 bits per heavy atom. The second-order valence-electron chi connectivity index (χ2n) is 8.50. The summed E-state index contributed by atoms with van der Waals surface area (Å²) in [5, 5.41) is 6.59. The standard InChI is InChI=1S/C17H35N3O2/c1-12-10-20(8)13(2)9-14(12)18-11-17(6,7)19-15(21)22-16(3,4)5/h12-14,18H,9-11H2,1-8H3,(H,19,21). The number of ether oxygens (including phenoxy) is 1. The lowest BCUT2D eigenvalue weighted by atomic mass is 9.89. The number of hydrogen-bond acceptors (Lipinski definition) is 4. The van der Waals surface area contributed by atoms with Gasteiger partial charge in [-0.3, -0.25) is 0 Å². The summed E-state index contributed by atoms with van der Waals surface area (Å²) in [7, 11) is 2.19. The molecule has 3 unspecified atom stereocenters. The van der Waals surface area contributed by atoms with E-state index in [1.165, 1.54) is 0 Å².